The summed E-state index contributed by atoms with van der Waals surface area (Å²) in [5.74, 6) is 0.886. The van der Waals surface area contributed by atoms with E-state index in [-0.39, 0.29) is 0 Å². The van der Waals surface area contributed by atoms with Gasteiger partial charge in [-0.1, -0.05) is 28.9 Å². The molecule has 0 aliphatic heterocycles. The van der Waals surface area contributed by atoms with E-state index in [1.54, 1.807) is 11.1 Å². The Morgan fingerprint density at radius 1 is 1.47 bits per heavy atom. The molecule has 3 rings (SSSR count). The van der Waals surface area contributed by atoms with Crippen LogP contribution in [0.3, 0.4) is 0 Å². The molecule has 0 saturated heterocycles. The van der Waals surface area contributed by atoms with Crippen LogP contribution in [0.2, 0.25) is 0 Å². The number of fused-ring (bicyclic) bond motifs is 2. The van der Waals surface area contributed by atoms with Crippen LogP contribution in [0.15, 0.2) is 22.7 Å². The number of hydrogen-bond acceptors (Lipinski definition) is 1. The van der Waals surface area contributed by atoms with Crippen molar-refractivity contribution in [1.82, 2.24) is 5.32 Å². The minimum absolute atomic E-state index is 0.552. The van der Waals surface area contributed by atoms with E-state index in [1.165, 1.54) is 43.2 Å². The molecule has 1 aromatic carbocycles. The molecule has 0 radical (unpaired) electrons. The van der Waals surface area contributed by atoms with Gasteiger partial charge >= 0.3 is 0 Å². The molecule has 2 aliphatic rings. The lowest BCUT2D eigenvalue weighted by molar-refractivity contribution is 0.546. The van der Waals surface area contributed by atoms with Gasteiger partial charge in [0.1, 0.15) is 0 Å². The first-order valence-corrected chi connectivity index (χ1v) is 7.55. The van der Waals surface area contributed by atoms with Gasteiger partial charge in [0.15, 0.2) is 0 Å². The molecule has 1 aromatic rings. The number of aryl methyl sites for hydroxylation is 1. The highest BCUT2D eigenvalue weighted by Crippen LogP contribution is 2.61. The fraction of sp³-hybridized carbons (Fsp3) is 0.600. The van der Waals surface area contributed by atoms with Gasteiger partial charge in [-0.05, 0) is 68.0 Å². The third kappa shape index (κ3) is 1.96. The summed E-state index contributed by atoms with van der Waals surface area (Å²) in [5.41, 5.74) is 3.78. The van der Waals surface area contributed by atoms with Crippen molar-refractivity contribution in [3.05, 3.63) is 33.8 Å². The zero-order valence-corrected chi connectivity index (χ0v) is 12.0. The molecule has 1 fully saturated rings. The first-order chi connectivity index (χ1) is 8.26. The summed E-state index contributed by atoms with van der Waals surface area (Å²) in [6, 6.07) is 6.88. The first kappa shape index (κ1) is 11.7. The molecule has 2 atom stereocenters. The van der Waals surface area contributed by atoms with E-state index in [2.05, 4.69) is 46.4 Å². The summed E-state index contributed by atoms with van der Waals surface area (Å²) in [4.78, 5) is 0. The van der Waals surface area contributed by atoms with E-state index in [9.17, 15) is 0 Å². The van der Waals surface area contributed by atoms with Gasteiger partial charge < -0.3 is 5.32 Å². The quantitative estimate of drug-likeness (QED) is 0.836. The molecule has 1 nitrogen and oxygen atoms in total. The van der Waals surface area contributed by atoms with Crippen LogP contribution in [0.5, 0.6) is 0 Å². The first-order valence-electron chi connectivity index (χ1n) is 6.76. The lowest BCUT2D eigenvalue weighted by atomic mass is 9.95. The Labute approximate surface area is 112 Å². The third-order valence-electron chi connectivity index (χ3n) is 4.49. The summed E-state index contributed by atoms with van der Waals surface area (Å²) >= 11 is 3.58. The maximum atomic E-state index is 3.58. The lowest BCUT2D eigenvalue weighted by Gasteiger charge is -2.12. The van der Waals surface area contributed by atoms with Crippen molar-refractivity contribution in [3.8, 4) is 0 Å². The van der Waals surface area contributed by atoms with Gasteiger partial charge in [-0.2, -0.15) is 0 Å². The molecule has 0 amide bonds. The van der Waals surface area contributed by atoms with E-state index >= 15 is 0 Å². The Morgan fingerprint density at radius 3 is 3.18 bits per heavy atom. The van der Waals surface area contributed by atoms with Crippen LogP contribution >= 0.6 is 15.9 Å². The second kappa shape index (κ2) is 4.40. The van der Waals surface area contributed by atoms with Crippen molar-refractivity contribution < 1.29 is 0 Å². The van der Waals surface area contributed by atoms with E-state index < -0.39 is 0 Å². The van der Waals surface area contributed by atoms with Crippen LogP contribution in [0, 0.1) is 5.92 Å². The lowest BCUT2D eigenvalue weighted by Crippen LogP contribution is -2.21. The molecule has 1 N–H and O–H groups in total. The van der Waals surface area contributed by atoms with Crippen molar-refractivity contribution in [1.29, 1.82) is 0 Å². The highest BCUT2D eigenvalue weighted by atomic mass is 79.9. The second-order valence-corrected chi connectivity index (χ2v) is 6.48. The maximum Gasteiger partial charge on any atom is 0.0178 e. The number of halogens is 1. The molecule has 17 heavy (non-hydrogen) atoms. The monoisotopic (exact) mass is 293 g/mol. The predicted octanol–water partition coefficient (Wildman–Crippen LogP) is 3.65. The molecule has 1 saturated carbocycles. The van der Waals surface area contributed by atoms with Crippen LogP contribution in [-0.2, 0) is 11.8 Å². The Kier molecular flexibility index (Phi) is 3.04. The van der Waals surface area contributed by atoms with Crippen molar-refractivity contribution in [3.63, 3.8) is 0 Å². The van der Waals surface area contributed by atoms with Gasteiger partial charge in [0.05, 0.1) is 0 Å². The average molecular weight is 294 g/mol. The minimum Gasteiger partial charge on any atom is -0.316 e. The third-order valence-corrected chi connectivity index (χ3v) is 4.99. The van der Waals surface area contributed by atoms with E-state index in [0.29, 0.717) is 5.41 Å². The highest BCUT2D eigenvalue weighted by Gasteiger charge is 2.57. The molecule has 1 spiro atoms. The number of rotatable bonds is 4. The van der Waals surface area contributed by atoms with Gasteiger partial charge in [0, 0.05) is 9.89 Å². The Morgan fingerprint density at radius 2 is 2.35 bits per heavy atom. The molecular weight excluding hydrogens is 274 g/mol. The molecule has 0 heterocycles. The van der Waals surface area contributed by atoms with Crippen molar-refractivity contribution in [2.75, 3.05) is 13.1 Å². The summed E-state index contributed by atoms with van der Waals surface area (Å²) in [6.07, 6.45) is 5.29. The summed E-state index contributed by atoms with van der Waals surface area (Å²) in [5, 5.41) is 3.58. The van der Waals surface area contributed by atoms with Crippen LogP contribution in [0.1, 0.15) is 37.3 Å². The molecule has 0 aromatic heterocycles. The summed E-state index contributed by atoms with van der Waals surface area (Å²) < 4.78 is 1.23. The van der Waals surface area contributed by atoms with Crippen LogP contribution in [-0.4, -0.2) is 13.1 Å². The van der Waals surface area contributed by atoms with E-state index in [0.717, 1.165) is 5.92 Å². The number of nitrogens with one attached hydrogen (secondary N) is 1. The SMILES string of the molecule is CCCNCC1CC12CCc1cc(Br)ccc12. The standard InChI is InChI=1S/C15H20BrN/c1-2-7-17-10-12-9-15(12)6-5-11-8-13(16)3-4-14(11)15/h3-4,8,12,17H,2,5-7,9-10H2,1H3. The minimum atomic E-state index is 0.552. The van der Waals surface area contributed by atoms with Gasteiger partial charge in [-0.15, -0.1) is 0 Å². The zero-order valence-electron chi connectivity index (χ0n) is 10.4. The molecule has 2 unspecified atom stereocenters. The topological polar surface area (TPSA) is 12.0 Å². The van der Waals surface area contributed by atoms with Crippen LogP contribution in [0.4, 0.5) is 0 Å². The predicted molar refractivity (Wildman–Crippen MR) is 75.4 cm³/mol. The fourth-order valence-corrected chi connectivity index (χ4v) is 3.89. The average Bonchev–Trinajstić information content (AvgIpc) is 2.89. The van der Waals surface area contributed by atoms with Crippen molar-refractivity contribution >= 4 is 15.9 Å². The summed E-state index contributed by atoms with van der Waals surface area (Å²) in [7, 11) is 0. The van der Waals surface area contributed by atoms with Crippen LogP contribution in [0.25, 0.3) is 0 Å². The fourth-order valence-electron chi connectivity index (χ4n) is 3.48. The van der Waals surface area contributed by atoms with Crippen molar-refractivity contribution in [2.45, 2.75) is 38.0 Å². The Hall–Kier alpha value is -0.340. The van der Waals surface area contributed by atoms with E-state index in [1.807, 2.05) is 0 Å². The van der Waals surface area contributed by atoms with Gasteiger partial charge in [0.25, 0.3) is 0 Å². The molecule has 0 bridgehead atoms. The maximum absolute atomic E-state index is 3.58. The van der Waals surface area contributed by atoms with Gasteiger partial charge in [-0.25, -0.2) is 0 Å². The Balaban J connectivity index is 1.72. The van der Waals surface area contributed by atoms with Gasteiger partial charge in [-0.3, -0.25) is 0 Å². The molecule has 92 valence electrons. The highest BCUT2D eigenvalue weighted by molar-refractivity contribution is 9.10. The molecule has 2 heteroatoms. The largest absolute Gasteiger partial charge is 0.316 e. The number of benzene rings is 1. The zero-order chi connectivity index (χ0) is 11.9. The van der Waals surface area contributed by atoms with Gasteiger partial charge in [0.2, 0.25) is 0 Å². The van der Waals surface area contributed by atoms with E-state index in [4.69, 9.17) is 0 Å². The Bertz CT molecular complexity index is 429. The molecular formula is C15H20BrN. The van der Waals surface area contributed by atoms with Crippen LogP contribution < -0.4 is 5.32 Å². The van der Waals surface area contributed by atoms with Crippen molar-refractivity contribution in [2.24, 2.45) is 5.92 Å². The smallest absolute Gasteiger partial charge is 0.0178 e. The summed E-state index contributed by atoms with van der Waals surface area (Å²) in [6.45, 7) is 4.61. The second-order valence-electron chi connectivity index (χ2n) is 5.56. The number of hydrogen-bond donors (Lipinski definition) is 1. The normalized spacial score (nSPS) is 29.6. The molecule has 2 aliphatic carbocycles.